The zero-order valence-corrected chi connectivity index (χ0v) is 24.9. The molecule has 5 rings (SSSR count). The molecule has 4 aromatic rings. The van der Waals surface area contributed by atoms with Crippen LogP contribution in [0.1, 0.15) is 41.4 Å². The zero-order chi connectivity index (χ0) is 30.2. The van der Waals surface area contributed by atoms with Crippen molar-refractivity contribution < 1.29 is 23.7 Å². The van der Waals surface area contributed by atoms with E-state index < -0.39 is 17.3 Å². The minimum atomic E-state index is -0.700. The molecule has 0 amide bonds. The van der Waals surface area contributed by atoms with Crippen molar-refractivity contribution in [1.82, 2.24) is 19.1 Å². The first-order valence-electron chi connectivity index (χ1n) is 13.8. The number of esters is 1. The lowest BCUT2D eigenvalue weighted by atomic mass is 10.2. The third-order valence-corrected chi connectivity index (χ3v) is 7.54. The van der Waals surface area contributed by atoms with Crippen molar-refractivity contribution in [3.05, 3.63) is 91.2 Å². The van der Waals surface area contributed by atoms with Crippen LogP contribution in [0.3, 0.4) is 0 Å². The second-order valence-corrected chi connectivity index (χ2v) is 10.9. The van der Waals surface area contributed by atoms with Gasteiger partial charge in [0.1, 0.15) is 10.6 Å². The van der Waals surface area contributed by atoms with E-state index in [0.717, 1.165) is 40.7 Å². The Morgan fingerprint density at radius 1 is 1.12 bits per heavy atom. The highest BCUT2D eigenvalue weighted by molar-refractivity contribution is 7.15. The predicted octanol–water partition coefficient (Wildman–Crippen LogP) is 4.82. The number of hydrogen-bond acceptors (Lipinski definition) is 11. The summed E-state index contributed by atoms with van der Waals surface area (Å²) in [5.41, 5.74) is 0.120. The first kappa shape index (κ1) is 30.4. The molecule has 0 aliphatic carbocycles. The van der Waals surface area contributed by atoms with Crippen molar-refractivity contribution in [1.29, 1.82) is 0 Å². The van der Waals surface area contributed by atoms with Crippen LogP contribution < -0.4 is 21.4 Å². The van der Waals surface area contributed by atoms with E-state index in [9.17, 15) is 14.4 Å². The molecule has 1 N–H and O–H groups in total. The highest BCUT2D eigenvalue weighted by atomic mass is 35.5. The van der Waals surface area contributed by atoms with E-state index in [1.807, 2.05) is 0 Å². The number of hydrogen-bond donors (Lipinski definition) is 1. The summed E-state index contributed by atoms with van der Waals surface area (Å²) in [6.07, 6.45) is 3.84. The Hall–Kier alpha value is -4.04. The van der Waals surface area contributed by atoms with Crippen molar-refractivity contribution in [3.63, 3.8) is 0 Å². The standard InChI is InChI=1S/C29H30ClN5O7S/c1-2-39-25(36)23-17-31-28(43-23)42-22-12-10-21(11-13-22)32-26-33-27(37)34(14-16-41-24-5-3-4-15-40-24)29(38)35(26)18-19-6-8-20(30)9-7-19/h6-13,17,24H,2-5,14-16,18H2,1H3,(H,32,33,37). The summed E-state index contributed by atoms with van der Waals surface area (Å²) in [6.45, 7) is 2.95. The van der Waals surface area contributed by atoms with E-state index in [4.69, 9.17) is 30.5 Å². The van der Waals surface area contributed by atoms with Crippen LogP contribution in [-0.2, 0) is 27.3 Å². The fourth-order valence-corrected chi connectivity index (χ4v) is 5.09. The lowest BCUT2D eigenvalue weighted by molar-refractivity contribution is -0.163. The summed E-state index contributed by atoms with van der Waals surface area (Å²) >= 11 is 7.12. The van der Waals surface area contributed by atoms with E-state index in [-0.39, 0.29) is 43.7 Å². The van der Waals surface area contributed by atoms with Gasteiger partial charge in [0.25, 0.3) is 5.19 Å². The predicted molar refractivity (Wildman–Crippen MR) is 161 cm³/mol. The van der Waals surface area contributed by atoms with Crippen LogP contribution in [0.15, 0.2) is 64.3 Å². The highest BCUT2D eigenvalue weighted by Gasteiger charge is 2.18. The maximum Gasteiger partial charge on any atom is 0.355 e. The quantitative estimate of drug-likeness (QED) is 0.218. The van der Waals surface area contributed by atoms with Gasteiger partial charge in [-0.1, -0.05) is 35.1 Å². The average Bonchev–Trinajstić information content (AvgIpc) is 3.48. The molecule has 1 atom stereocenters. The monoisotopic (exact) mass is 627 g/mol. The average molecular weight is 628 g/mol. The fraction of sp³-hybridized carbons (Fsp3) is 0.345. The molecule has 1 saturated heterocycles. The van der Waals surface area contributed by atoms with Gasteiger partial charge < -0.3 is 24.3 Å². The van der Waals surface area contributed by atoms with Crippen molar-refractivity contribution in [2.45, 2.75) is 45.6 Å². The van der Waals surface area contributed by atoms with Crippen LogP contribution in [0, 0.1) is 0 Å². The van der Waals surface area contributed by atoms with E-state index in [0.29, 0.717) is 27.9 Å². The number of ether oxygens (including phenoxy) is 4. The van der Waals surface area contributed by atoms with Gasteiger partial charge in [-0.05, 0) is 68.1 Å². The second-order valence-electron chi connectivity index (χ2n) is 9.49. The molecule has 1 aliphatic heterocycles. The number of nitrogens with one attached hydrogen (secondary N) is 1. The highest BCUT2D eigenvalue weighted by Crippen LogP contribution is 2.28. The first-order valence-corrected chi connectivity index (χ1v) is 15.0. The van der Waals surface area contributed by atoms with Gasteiger partial charge in [-0.25, -0.2) is 23.9 Å². The number of thiazole rings is 1. The van der Waals surface area contributed by atoms with Crippen LogP contribution in [0.5, 0.6) is 10.9 Å². The number of anilines is 2. The van der Waals surface area contributed by atoms with Gasteiger partial charge in [-0.3, -0.25) is 4.57 Å². The van der Waals surface area contributed by atoms with Crippen molar-refractivity contribution in [2.24, 2.45) is 0 Å². The van der Waals surface area contributed by atoms with E-state index >= 15 is 0 Å². The number of rotatable bonds is 12. The van der Waals surface area contributed by atoms with E-state index in [2.05, 4.69) is 15.3 Å². The molecule has 43 heavy (non-hydrogen) atoms. The molecule has 226 valence electrons. The summed E-state index contributed by atoms with van der Waals surface area (Å²) in [5.74, 6) is 0.0869. The number of nitrogens with zero attached hydrogens (tertiary/aromatic N) is 4. The maximum atomic E-state index is 13.6. The minimum absolute atomic E-state index is 0.0338. The zero-order valence-electron chi connectivity index (χ0n) is 23.4. The maximum absolute atomic E-state index is 13.6. The van der Waals surface area contributed by atoms with Gasteiger partial charge in [0, 0.05) is 17.3 Å². The van der Waals surface area contributed by atoms with Crippen LogP contribution in [-0.4, -0.2) is 51.2 Å². The summed E-state index contributed by atoms with van der Waals surface area (Å²) in [4.78, 5) is 47.1. The Morgan fingerprint density at radius 3 is 2.63 bits per heavy atom. The molecule has 14 heteroatoms. The Balaban J connectivity index is 1.34. The molecule has 3 heterocycles. The smallest absolute Gasteiger partial charge is 0.355 e. The lowest BCUT2D eigenvalue weighted by Gasteiger charge is -2.22. The number of halogens is 1. The number of aromatic nitrogens is 4. The fourth-order valence-electron chi connectivity index (χ4n) is 4.29. The van der Waals surface area contributed by atoms with Crippen LogP contribution in [0.25, 0.3) is 0 Å². The molecule has 2 aromatic carbocycles. The van der Waals surface area contributed by atoms with Gasteiger partial charge in [-0.2, -0.15) is 4.98 Å². The Bertz CT molecular complexity index is 1650. The molecule has 1 fully saturated rings. The molecule has 0 radical (unpaired) electrons. The first-order chi connectivity index (χ1) is 20.9. The number of carbonyl (C=O) groups is 1. The van der Waals surface area contributed by atoms with Crippen molar-refractivity contribution in [2.75, 3.05) is 25.1 Å². The Morgan fingerprint density at radius 2 is 1.91 bits per heavy atom. The van der Waals surface area contributed by atoms with Gasteiger partial charge in [0.15, 0.2) is 6.29 Å². The largest absolute Gasteiger partial charge is 0.462 e. The normalized spacial score (nSPS) is 14.8. The summed E-state index contributed by atoms with van der Waals surface area (Å²) in [5, 5.41) is 3.93. The number of benzene rings is 2. The summed E-state index contributed by atoms with van der Waals surface area (Å²) < 4.78 is 24.5. The van der Waals surface area contributed by atoms with Crippen LogP contribution >= 0.6 is 22.9 Å². The molecule has 0 saturated carbocycles. The Kier molecular flexibility index (Phi) is 10.2. The molecule has 0 bridgehead atoms. The molecule has 2 aromatic heterocycles. The van der Waals surface area contributed by atoms with E-state index in [1.165, 1.54) is 10.8 Å². The van der Waals surface area contributed by atoms with Gasteiger partial charge >= 0.3 is 17.3 Å². The molecule has 1 unspecified atom stereocenters. The Labute approximate surface area is 255 Å². The van der Waals surface area contributed by atoms with Gasteiger partial charge in [0.2, 0.25) is 5.95 Å². The molecule has 0 spiro atoms. The van der Waals surface area contributed by atoms with Gasteiger partial charge in [0.05, 0.1) is 32.5 Å². The van der Waals surface area contributed by atoms with Crippen molar-refractivity contribution >= 4 is 40.5 Å². The topological polar surface area (TPSA) is 136 Å². The molecular formula is C29H30ClN5O7S. The van der Waals surface area contributed by atoms with Crippen molar-refractivity contribution in [3.8, 4) is 10.9 Å². The second kappa shape index (κ2) is 14.4. The SMILES string of the molecule is CCOC(=O)c1cnc(Oc2ccc(Nc3nc(=O)n(CCOC4CCCCO4)c(=O)n3Cc3ccc(Cl)cc3)cc2)s1. The summed E-state index contributed by atoms with van der Waals surface area (Å²) in [7, 11) is 0. The van der Waals surface area contributed by atoms with Gasteiger partial charge in [-0.15, -0.1) is 0 Å². The molecular weight excluding hydrogens is 598 g/mol. The molecule has 12 nitrogen and oxygen atoms in total. The van der Waals surface area contributed by atoms with Crippen LogP contribution in [0.4, 0.5) is 11.6 Å². The molecule has 1 aliphatic rings. The number of carbonyl (C=O) groups excluding carboxylic acids is 1. The lowest BCUT2D eigenvalue weighted by Crippen LogP contribution is -2.43. The third kappa shape index (κ3) is 8.08. The van der Waals surface area contributed by atoms with Crippen LogP contribution in [0.2, 0.25) is 5.02 Å². The third-order valence-electron chi connectivity index (χ3n) is 6.44. The minimum Gasteiger partial charge on any atom is -0.462 e. The summed E-state index contributed by atoms with van der Waals surface area (Å²) in [6, 6.07) is 13.8. The van der Waals surface area contributed by atoms with E-state index in [1.54, 1.807) is 55.5 Å².